The zero-order valence-electron chi connectivity index (χ0n) is 15.1. The maximum atomic E-state index is 12.9. The van der Waals surface area contributed by atoms with E-state index >= 15 is 0 Å². The van der Waals surface area contributed by atoms with Crippen LogP contribution in [0.3, 0.4) is 0 Å². The number of benzene rings is 2. The van der Waals surface area contributed by atoms with Crippen LogP contribution in [0, 0.1) is 5.82 Å². The van der Waals surface area contributed by atoms with Crippen molar-refractivity contribution >= 4 is 11.9 Å². The first-order valence-electron chi connectivity index (χ1n) is 8.72. The molecule has 0 fully saturated rings. The van der Waals surface area contributed by atoms with Crippen molar-refractivity contribution in [2.75, 3.05) is 0 Å². The Bertz CT molecular complexity index is 716. The molecule has 1 N–H and O–H groups in total. The zero-order chi connectivity index (χ0) is 18.9. The van der Waals surface area contributed by atoms with E-state index in [0.717, 1.165) is 12.8 Å². The topological polar surface area (TPSA) is 55.4 Å². The van der Waals surface area contributed by atoms with Crippen LogP contribution in [0.25, 0.3) is 0 Å². The molecular weight excluding hydrogens is 333 g/mol. The van der Waals surface area contributed by atoms with Gasteiger partial charge in [-0.2, -0.15) is 0 Å². The van der Waals surface area contributed by atoms with Crippen molar-refractivity contribution in [2.24, 2.45) is 0 Å². The van der Waals surface area contributed by atoms with Gasteiger partial charge in [-0.1, -0.05) is 42.5 Å². The minimum absolute atomic E-state index is 0.00145. The summed E-state index contributed by atoms with van der Waals surface area (Å²) in [7, 11) is 0. The molecule has 0 saturated carbocycles. The van der Waals surface area contributed by atoms with E-state index in [0.29, 0.717) is 5.56 Å². The van der Waals surface area contributed by atoms with Gasteiger partial charge in [0.1, 0.15) is 5.82 Å². The van der Waals surface area contributed by atoms with Gasteiger partial charge in [0.15, 0.2) is 6.10 Å². The standard InChI is InChI=1S/C21H24FNO3/c1-15(8-9-17-6-4-3-5-7-17)23-21(25)16(2)26-20(24)14-18-10-12-19(22)13-11-18/h3-7,10-13,15-16H,8-9,14H2,1-2H3,(H,23,25)/t15-,16+/m1/s1. The van der Waals surface area contributed by atoms with Crippen molar-refractivity contribution in [3.63, 3.8) is 0 Å². The third kappa shape index (κ3) is 6.67. The van der Waals surface area contributed by atoms with Crippen LogP contribution in [-0.2, 0) is 27.2 Å². The third-order valence-corrected chi connectivity index (χ3v) is 4.04. The lowest BCUT2D eigenvalue weighted by Gasteiger charge is -2.18. The molecule has 0 unspecified atom stereocenters. The number of rotatable bonds is 8. The van der Waals surface area contributed by atoms with Crippen molar-refractivity contribution in [1.82, 2.24) is 5.32 Å². The Kier molecular flexibility index (Phi) is 7.33. The van der Waals surface area contributed by atoms with Gasteiger partial charge >= 0.3 is 5.97 Å². The fraction of sp³-hybridized carbons (Fsp3) is 0.333. The van der Waals surface area contributed by atoms with E-state index in [9.17, 15) is 14.0 Å². The Morgan fingerprint density at radius 3 is 2.31 bits per heavy atom. The molecule has 5 heteroatoms. The van der Waals surface area contributed by atoms with Crippen molar-refractivity contribution in [3.05, 3.63) is 71.5 Å². The lowest BCUT2D eigenvalue weighted by Crippen LogP contribution is -2.41. The molecule has 0 aliphatic heterocycles. The van der Waals surface area contributed by atoms with E-state index < -0.39 is 12.1 Å². The Hall–Kier alpha value is -2.69. The van der Waals surface area contributed by atoms with Crippen LogP contribution in [0.1, 0.15) is 31.4 Å². The van der Waals surface area contributed by atoms with Crippen molar-refractivity contribution in [2.45, 2.75) is 45.3 Å². The molecule has 2 rings (SSSR count). The van der Waals surface area contributed by atoms with Gasteiger partial charge in [-0.25, -0.2) is 4.39 Å². The summed E-state index contributed by atoms with van der Waals surface area (Å²) in [5, 5.41) is 2.86. The quantitative estimate of drug-likeness (QED) is 0.737. The minimum atomic E-state index is -0.873. The number of carbonyl (C=O) groups is 2. The molecule has 138 valence electrons. The van der Waals surface area contributed by atoms with Gasteiger partial charge in [-0.3, -0.25) is 9.59 Å². The number of aryl methyl sites for hydroxylation is 1. The summed E-state index contributed by atoms with van der Waals surface area (Å²) in [6.07, 6.45) is 0.788. The van der Waals surface area contributed by atoms with Crippen LogP contribution < -0.4 is 5.32 Å². The first-order chi connectivity index (χ1) is 12.4. The van der Waals surface area contributed by atoms with Gasteiger partial charge < -0.3 is 10.1 Å². The molecule has 26 heavy (non-hydrogen) atoms. The predicted molar refractivity (Wildman–Crippen MR) is 98.0 cm³/mol. The van der Waals surface area contributed by atoms with Gasteiger partial charge in [0.25, 0.3) is 5.91 Å². The lowest BCUT2D eigenvalue weighted by molar-refractivity contribution is -0.154. The van der Waals surface area contributed by atoms with Crippen LogP contribution in [0.4, 0.5) is 4.39 Å². The summed E-state index contributed by atoms with van der Waals surface area (Å²) < 4.78 is 18.0. The highest BCUT2D eigenvalue weighted by Gasteiger charge is 2.19. The van der Waals surface area contributed by atoms with E-state index in [1.807, 2.05) is 37.3 Å². The first-order valence-corrected chi connectivity index (χ1v) is 8.72. The first kappa shape index (κ1) is 19.6. The van der Waals surface area contributed by atoms with Gasteiger partial charge in [-0.15, -0.1) is 0 Å². The summed E-state index contributed by atoms with van der Waals surface area (Å²) in [6.45, 7) is 3.47. The monoisotopic (exact) mass is 357 g/mol. The highest BCUT2D eigenvalue weighted by Crippen LogP contribution is 2.07. The molecule has 2 aromatic carbocycles. The molecular formula is C21H24FNO3. The minimum Gasteiger partial charge on any atom is -0.452 e. The van der Waals surface area contributed by atoms with E-state index in [4.69, 9.17) is 4.74 Å². The fourth-order valence-corrected chi connectivity index (χ4v) is 2.52. The van der Waals surface area contributed by atoms with E-state index in [1.54, 1.807) is 6.92 Å². The largest absolute Gasteiger partial charge is 0.452 e. The van der Waals surface area contributed by atoms with Gasteiger partial charge in [0, 0.05) is 6.04 Å². The number of hydrogen-bond donors (Lipinski definition) is 1. The van der Waals surface area contributed by atoms with Crippen LogP contribution in [0.2, 0.25) is 0 Å². The molecule has 0 spiro atoms. The number of esters is 1. The number of carbonyl (C=O) groups excluding carboxylic acids is 2. The Balaban J connectivity index is 1.73. The molecule has 1 amide bonds. The molecule has 2 atom stereocenters. The molecule has 0 aliphatic carbocycles. The number of ether oxygens (including phenoxy) is 1. The van der Waals surface area contributed by atoms with E-state index in [-0.39, 0.29) is 24.2 Å². The second-order valence-corrected chi connectivity index (χ2v) is 6.37. The summed E-state index contributed by atoms with van der Waals surface area (Å²) in [5.74, 6) is -1.20. The molecule has 0 aromatic heterocycles. The zero-order valence-corrected chi connectivity index (χ0v) is 15.1. The smallest absolute Gasteiger partial charge is 0.311 e. The molecule has 4 nitrogen and oxygen atoms in total. The van der Waals surface area contributed by atoms with Crippen molar-refractivity contribution < 1.29 is 18.7 Å². The number of hydrogen-bond acceptors (Lipinski definition) is 3. The second-order valence-electron chi connectivity index (χ2n) is 6.37. The summed E-state index contributed by atoms with van der Waals surface area (Å²) in [6, 6.07) is 15.6. The van der Waals surface area contributed by atoms with E-state index in [2.05, 4.69) is 5.32 Å². The van der Waals surface area contributed by atoms with Crippen LogP contribution in [0.15, 0.2) is 54.6 Å². The fourth-order valence-electron chi connectivity index (χ4n) is 2.52. The molecule has 0 saturated heterocycles. The van der Waals surface area contributed by atoms with Gasteiger partial charge in [-0.05, 0) is 49.9 Å². The number of halogens is 1. The van der Waals surface area contributed by atoms with Gasteiger partial charge in [0.2, 0.25) is 0 Å². The maximum Gasteiger partial charge on any atom is 0.311 e. The highest BCUT2D eigenvalue weighted by atomic mass is 19.1. The molecule has 0 aliphatic rings. The summed E-state index contributed by atoms with van der Waals surface area (Å²) >= 11 is 0. The molecule has 2 aromatic rings. The number of nitrogens with one attached hydrogen (secondary N) is 1. The van der Waals surface area contributed by atoms with Crippen molar-refractivity contribution in [3.8, 4) is 0 Å². The summed E-state index contributed by atoms with van der Waals surface area (Å²) in [5.41, 5.74) is 1.85. The molecule has 0 heterocycles. The second kappa shape index (κ2) is 9.70. The summed E-state index contributed by atoms with van der Waals surface area (Å²) in [4.78, 5) is 24.1. The molecule has 0 bridgehead atoms. The normalized spacial score (nSPS) is 12.9. The SMILES string of the molecule is C[C@H](CCc1ccccc1)NC(=O)[C@H](C)OC(=O)Cc1ccc(F)cc1. The van der Waals surface area contributed by atoms with Crippen LogP contribution in [-0.4, -0.2) is 24.0 Å². The lowest BCUT2D eigenvalue weighted by atomic mass is 10.1. The number of amides is 1. The van der Waals surface area contributed by atoms with Crippen LogP contribution >= 0.6 is 0 Å². The van der Waals surface area contributed by atoms with Crippen LogP contribution in [0.5, 0.6) is 0 Å². The Morgan fingerprint density at radius 1 is 1.00 bits per heavy atom. The van der Waals surface area contributed by atoms with Gasteiger partial charge in [0.05, 0.1) is 6.42 Å². The van der Waals surface area contributed by atoms with E-state index in [1.165, 1.54) is 29.8 Å². The third-order valence-electron chi connectivity index (χ3n) is 4.04. The maximum absolute atomic E-state index is 12.9. The van der Waals surface area contributed by atoms with Crippen molar-refractivity contribution in [1.29, 1.82) is 0 Å². The molecule has 0 radical (unpaired) electrons. The average Bonchev–Trinajstić information content (AvgIpc) is 2.62. The predicted octanol–water partition coefficient (Wildman–Crippen LogP) is 3.44. The Labute approximate surface area is 153 Å². The average molecular weight is 357 g/mol. The Morgan fingerprint density at radius 2 is 1.65 bits per heavy atom. The highest BCUT2D eigenvalue weighted by molar-refractivity contribution is 5.84.